The van der Waals surface area contributed by atoms with E-state index in [1.807, 2.05) is 6.07 Å². The number of fused-ring (bicyclic) bond motifs is 3. The molecule has 0 fully saturated rings. The van der Waals surface area contributed by atoms with E-state index in [0.29, 0.717) is 0 Å². The van der Waals surface area contributed by atoms with Crippen molar-refractivity contribution in [3.05, 3.63) is 60.9 Å². The molecule has 2 heteroatoms. The number of hydrogen-bond donors (Lipinski definition) is 0. The minimum absolute atomic E-state index is 0. The van der Waals surface area contributed by atoms with E-state index in [-0.39, 0.29) is 27.3 Å². The van der Waals surface area contributed by atoms with Gasteiger partial charge < -0.3 is 0 Å². The van der Waals surface area contributed by atoms with Crippen LogP contribution in [-0.4, -0.2) is 27.3 Å². The van der Waals surface area contributed by atoms with Gasteiger partial charge in [0.2, 0.25) is 5.52 Å². The second kappa shape index (κ2) is 4.27. The van der Waals surface area contributed by atoms with Crippen molar-refractivity contribution in [3.63, 3.8) is 0 Å². The second-order valence-corrected chi connectivity index (χ2v) is 3.40. The van der Waals surface area contributed by atoms with E-state index >= 15 is 0 Å². The normalized spacial score (nSPS) is 10.1. The van der Waals surface area contributed by atoms with Crippen LogP contribution in [0.25, 0.3) is 16.3 Å². The second-order valence-electron chi connectivity index (χ2n) is 3.40. The molecule has 0 aliphatic rings. The molecule has 3 aromatic rings. The summed E-state index contributed by atoms with van der Waals surface area (Å²) in [6.07, 6.45) is 4.17. The summed E-state index contributed by atoms with van der Waals surface area (Å²) in [7, 11) is 0. The van der Waals surface area contributed by atoms with Crippen molar-refractivity contribution in [1.29, 1.82) is 0 Å². The molecule has 0 unspecified atom stereocenters. The van der Waals surface area contributed by atoms with E-state index < -0.39 is 0 Å². The Bertz CT molecular complexity index is 550. The van der Waals surface area contributed by atoms with Crippen molar-refractivity contribution in [3.8, 4) is 0 Å². The molecule has 4 radical (unpaired) electrons. The third kappa shape index (κ3) is 1.76. The fourth-order valence-electron chi connectivity index (χ4n) is 1.85. The van der Waals surface area contributed by atoms with Gasteiger partial charge in [0, 0.05) is 45.5 Å². The molecule has 0 aliphatic heterocycles. The summed E-state index contributed by atoms with van der Waals surface area (Å²) >= 11 is 0. The van der Waals surface area contributed by atoms with E-state index in [2.05, 4.69) is 59.3 Å². The summed E-state index contributed by atoms with van der Waals surface area (Å²) in [4.78, 5) is 0. The minimum atomic E-state index is 0. The molecule has 2 heterocycles. The van der Waals surface area contributed by atoms with Crippen LogP contribution < -0.4 is 4.40 Å². The summed E-state index contributed by atoms with van der Waals surface area (Å²) in [5.74, 6) is 0. The van der Waals surface area contributed by atoms with Crippen molar-refractivity contribution in [2.75, 3.05) is 0 Å². The molecule has 15 heavy (non-hydrogen) atoms. The largest absolute Gasteiger partial charge is 0.218 e. The smallest absolute Gasteiger partial charge is 0.167 e. The van der Waals surface area contributed by atoms with Gasteiger partial charge in [0.1, 0.15) is 0 Å². The number of rotatable bonds is 0. The molecule has 0 saturated heterocycles. The van der Waals surface area contributed by atoms with Crippen molar-refractivity contribution in [2.24, 2.45) is 0 Å². The molecule has 2 aromatic heterocycles. The van der Waals surface area contributed by atoms with Gasteiger partial charge >= 0.3 is 0 Å². The van der Waals surface area contributed by atoms with Crippen LogP contribution in [0.2, 0.25) is 0 Å². The molecule has 0 N–H and O–H groups in total. The van der Waals surface area contributed by atoms with Gasteiger partial charge in [-0.2, -0.15) is 4.40 Å². The van der Waals surface area contributed by atoms with Gasteiger partial charge in [-0.3, -0.25) is 0 Å². The molecule has 0 atom stereocenters. The van der Waals surface area contributed by atoms with Crippen LogP contribution in [0, 0.1) is 0 Å². The van der Waals surface area contributed by atoms with Crippen LogP contribution in [0.5, 0.6) is 0 Å². The molecule has 0 aliphatic carbocycles. The predicted molar refractivity (Wildman–Crippen MR) is 62.9 cm³/mol. The molecule has 1 aromatic carbocycles. The fraction of sp³-hybridized carbons (Fsp3) is 0. The Morgan fingerprint density at radius 2 is 1.53 bits per heavy atom. The quantitative estimate of drug-likeness (QED) is 0.316. The first-order valence-electron chi connectivity index (χ1n) is 4.73. The Hall–Kier alpha value is -0.968. The third-order valence-corrected chi connectivity index (χ3v) is 2.54. The van der Waals surface area contributed by atoms with Crippen LogP contribution >= 0.6 is 0 Å². The average molecular weight is 387 g/mol. The van der Waals surface area contributed by atoms with Crippen molar-refractivity contribution >= 4 is 43.6 Å². The van der Waals surface area contributed by atoms with Crippen LogP contribution in [-0.2, 0) is 0 Å². The van der Waals surface area contributed by atoms with Gasteiger partial charge in [0.25, 0.3) is 0 Å². The summed E-state index contributed by atoms with van der Waals surface area (Å²) in [6.45, 7) is 0. The zero-order valence-electron chi connectivity index (χ0n) is 8.22. The van der Waals surface area contributed by atoms with Gasteiger partial charge in [-0.25, -0.2) is 0 Å². The van der Waals surface area contributed by atoms with Gasteiger partial charge in [-0.05, 0) is 17.5 Å². The first-order valence-corrected chi connectivity index (χ1v) is 4.73. The number of benzene rings is 1. The molecule has 1 nitrogen and oxygen atoms in total. The number of aromatic nitrogens is 1. The number of hydrogen-bond acceptors (Lipinski definition) is 0. The van der Waals surface area contributed by atoms with E-state index in [1.54, 1.807) is 0 Å². The van der Waals surface area contributed by atoms with Gasteiger partial charge in [-0.1, -0.05) is 18.2 Å². The Kier molecular flexibility index (Phi) is 3.00. The molecule has 0 saturated carbocycles. The summed E-state index contributed by atoms with van der Waals surface area (Å²) in [5.41, 5.74) is 1.26. The van der Waals surface area contributed by atoms with Crippen LogP contribution in [0.1, 0.15) is 0 Å². The Morgan fingerprint density at radius 3 is 2.47 bits per heavy atom. The Balaban J connectivity index is 0.000000853. The fourth-order valence-corrected chi connectivity index (χ4v) is 1.85. The number of pyridine rings is 2. The van der Waals surface area contributed by atoms with Gasteiger partial charge in [0.15, 0.2) is 12.4 Å². The third-order valence-electron chi connectivity index (χ3n) is 2.54. The summed E-state index contributed by atoms with van der Waals surface area (Å²) in [5, 5.41) is 2.59. The molecule has 0 amide bonds. The van der Waals surface area contributed by atoms with Crippen LogP contribution in [0.3, 0.4) is 0 Å². The van der Waals surface area contributed by atoms with E-state index in [1.165, 1.54) is 16.3 Å². The first-order chi connectivity index (χ1) is 6.95. The molecule has 70 valence electrons. The average Bonchev–Trinajstić information content (AvgIpc) is 2.29. The monoisotopic (exact) mass is 388 g/mol. The maximum atomic E-state index is 2.16. The standard InChI is InChI=1S/C13H10N.Pb/c1-2-6-12-11(5-1)8-10-14-9-4-3-7-13(12)14;/h1-10H;/q+1;. The zero-order valence-corrected chi connectivity index (χ0v) is 12.1. The van der Waals surface area contributed by atoms with Crippen molar-refractivity contribution < 1.29 is 4.40 Å². The van der Waals surface area contributed by atoms with Crippen LogP contribution in [0.4, 0.5) is 0 Å². The first kappa shape index (κ1) is 10.5. The van der Waals surface area contributed by atoms with Gasteiger partial charge in [0.05, 0.1) is 5.39 Å². The van der Waals surface area contributed by atoms with E-state index in [9.17, 15) is 0 Å². The van der Waals surface area contributed by atoms with Crippen molar-refractivity contribution in [1.82, 2.24) is 0 Å². The van der Waals surface area contributed by atoms with Crippen molar-refractivity contribution in [2.45, 2.75) is 0 Å². The summed E-state index contributed by atoms with van der Waals surface area (Å²) < 4.78 is 2.14. The molecule has 3 rings (SSSR count). The molecular formula is C13H10NPb+. The van der Waals surface area contributed by atoms with E-state index in [4.69, 9.17) is 0 Å². The minimum Gasteiger partial charge on any atom is -0.167 e. The molecule has 0 bridgehead atoms. The van der Waals surface area contributed by atoms with Crippen LogP contribution in [0.15, 0.2) is 60.9 Å². The molecule has 0 spiro atoms. The zero-order chi connectivity index (χ0) is 9.38. The Labute approximate surface area is 109 Å². The SMILES string of the molecule is [Pb].c1ccc2c(c1)cc[n+]1ccccc21. The maximum absolute atomic E-state index is 2.16. The topological polar surface area (TPSA) is 4.10 Å². The predicted octanol–water partition coefficient (Wildman–Crippen LogP) is 2.20. The van der Waals surface area contributed by atoms with E-state index in [0.717, 1.165) is 0 Å². The maximum Gasteiger partial charge on any atom is 0.218 e. The van der Waals surface area contributed by atoms with Gasteiger partial charge in [-0.15, -0.1) is 0 Å². The summed E-state index contributed by atoms with van der Waals surface area (Å²) in [6, 6.07) is 16.8. The Morgan fingerprint density at radius 1 is 0.733 bits per heavy atom. The molecular weight excluding hydrogens is 377 g/mol. The number of nitrogens with zero attached hydrogens (tertiary/aromatic N) is 1.